The van der Waals surface area contributed by atoms with E-state index in [1.54, 1.807) is 36.4 Å². The highest BCUT2D eigenvalue weighted by atomic mass is 35.5. The molecule has 7 heteroatoms. The van der Waals surface area contributed by atoms with Crippen molar-refractivity contribution in [2.75, 3.05) is 18.7 Å². The summed E-state index contributed by atoms with van der Waals surface area (Å²) in [6.07, 6.45) is 0.898. The third-order valence-corrected chi connectivity index (χ3v) is 3.89. The summed E-state index contributed by atoms with van der Waals surface area (Å²) in [5, 5.41) is 3.82. The van der Waals surface area contributed by atoms with Gasteiger partial charge in [-0.1, -0.05) is 23.2 Å². The van der Waals surface area contributed by atoms with Crippen molar-refractivity contribution in [3.8, 4) is 17.2 Å². The van der Waals surface area contributed by atoms with Crippen molar-refractivity contribution in [2.45, 2.75) is 12.8 Å². The van der Waals surface area contributed by atoms with Crippen LogP contribution in [0.4, 0.5) is 5.69 Å². The first-order valence-electron chi connectivity index (χ1n) is 7.39. The van der Waals surface area contributed by atoms with E-state index < -0.39 is 0 Å². The van der Waals surface area contributed by atoms with Crippen molar-refractivity contribution >= 4 is 34.8 Å². The Morgan fingerprint density at radius 1 is 1.12 bits per heavy atom. The average molecular weight is 368 g/mol. The van der Waals surface area contributed by atoms with E-state index in [1.165, 1.54) is 0 Å². The minimum absolute atomic E-state index is 0.0975. The lowest BCUT2D eigenvalue weighted by Gasteiger charge is -2.09. The predicted octanol–water partition coefficient (Wildman–Crippen LogP) is 4.52. The van der Waals surface area contributed by atoms with E-state index in [1.807, 2.05) is 0 Å². The number of nitrogens with one attached hydrogen (secondary N) is 1. The summed E-state index contributed by atoms with van der Waals surface area (Å²) in [5.41, 5.74) is 0.672. The number of ether oxygens (including phenoxy) is 3. The van der Waals surface area contributed by atoms with Gasteiger partial charge in [0.2, 0.25) is 12.7 Å². The van der Waals surface area contributed by atoms with E-state index in [9.17, 15) is 4.79 Å². The second kappa shape index (κ2) is 7.64. The lowest BCUT2D eigenvalue weighted by Crippen LogP contribution is -2.12. The fraction of sp³-hybridized carbons (Fsp3) is 0.235. The van der Waals surface area contributed by atoms with Crippen molar-refractivity contribution in [2.24, 2.45) is 0 Å². The smallest absolute Gasteiger partial charge is 0.231 e. The molecule has 126 valence electrons. The number of rotatable bonds is 6. The largest absolute Gasteiger partial charge is 0.492 e. The third-order valence-electron chi connectivity index (χ3n) is 3.36. The molecule has 1 heterocycles. The fourth-order valence-electron chi connectivity index (χ4n) is 2.20. The van der Waals surface area contributed by atoms with Gasteiger partial charge in [-0.15, -0.1) is 0 Å². The zero-order valence-corrected chi connectivity index (χ0v) is 14.2. The van der Waals surface area contributed by atoms with Gasteiger partial charge in [0, 0.05) is 23.2 Å². The zero-order valence-electron chi connectivity index (χ0n) is 12.7. The van der Waals surface area contributed by atoms with Gasteiger partial charge in [0.05, 0.1) is 11.6 Å². The van der Waals surface area contributed by atoms with Gasteiger partial charge in [-0.25, -0.2) is 0 Å². The van der Waals surface area contributed by atoms with Crippen LogP contribution in [0.1, 0.15) is 12.8 Å². The Balaban J connectivity index is 1.42. The molecule has 1 amide bonds. The highest BCUT2D eigenvalue weighted by Crippen LogP contribution is 2.34. The first kappa shape index (κ1) is 16.7. The summed E-state index contributed by atoms with van der Waals surface area (Å²) >= 11 is 11.8. The molecule has 24 heavy (non-hydrogen) atoms. The third kappa shape index (κ3) is 4.24. The molecule has 1 aliphatic rings. The van der Waals surface area contributed by atoms with Gasteiger partial charge in [-0.3, -0.25) is 4.79 Å². The zero-order chi connectivity index (χ0) is 16.9. The summed E-state index contributed by atoms with van der Waals surface area (Å²) in [6.45, 7) is 0.591. The average Bonchev–Trinajstić information content (AvgIpc) is 3.01. The molecule has 0 saturated carbocycles. The Kier molecular flexibility index (Phi) is 5.33. The van der Waals surface area contributed by atoms with Crippen molar-refractivity contribution < 1.29 is 19.0 Å². The molecule has 0 saturated heterocycles. The fourth-order valence-corrected chi connectivity index (χ4v) is 2.67. The van der Waals surface area contributed by atoms with Crippen molar-refractivity contribution in [3.05, 3.63) is 46.4 Å². The highest BCUT2D eigenvalue weighted by molar-refractivity contribution is 6.35. The Morgan fingerprint density at radius 3 is 2.79 bits per heavy atom. The minimum Gasteiger partial charge on any atom is -0.492 e. The number of carbonyl (C=O) groups is 1. The van der Waals surface area contributed by atoms with Crippen LogP contribution in [0.2, 0.25) is 10.0 Å². The summed E-state index contributed by atoms with van der Waals surface area (Å²) in [7, 11) is 0. The summed E-state index contributed by atoms with van der Waals surface area (Å²) < 4.78 is 16.0. The van der Waals surface area contributed by atoms with Crippen LogP contribution in [-0.4, -0.2) is 19.3 Å². The van der Waals surface area contributed by atoms with E-state index in [4.69, 9.17) is 37.4 Å². The van der Waals surface area contributed by atoms with E-state index in [0.29, 0.717) is 52.4 Å². The molecule has 0 spiro atoms. The van der Waals surface area contributed by atoms with Crippen LogP contribution >= 0.6 is 23.2 Å². The molecular formula is C17H15Cl2NO4. The lowest BCUT2D eigenvalue weighted by molar-refractivity contribution is -0.116. The van der Waals surface area contributed by atoms with Crippen LogP contribution < -0.4 is 19.5 Å². The number of halogens is 2. The Labute approximate surface area is 149 Å². The monoisotopic (exact) mass is 367 g/mol. The van der Waals surface area contributed by atoms with Crippen LogP contribution in [-0.2, 0) is 4.79 Å². The topological polar surface area (TPSA) is 56.8 Å². The van der Waals surface area contributed by atoms with Crippen LogP contribution in [0, 0.1) is 0 Å². The second-order valence-electron chi connectivity index (χ2n) is 5.14. The maximum absolute atomic E-state index is 12.0. The number of amides is 1. The van der Waals surface area contributed by atoms with Gasteiger partial charge in [-0.2, -0.15) is 0 Å². The Bertz CT molecular complexity index is 751. The van der Waals surface area contributed by atoms with Crippen LogP contribution in [0.25, 0.3) is 0 Å². The standard InChI is InChI=1S/C17H15Cl2NO4/c18-11-3-5-14(13(19)8-11)22-7-1-2-17(21)20-12-4-6-15-16(9-12)24-10-23-15/h3-6,8-9H,1-2,7,10H2,(H,20,21). The van der Waals surface area contributed by atoms with Crippen LogP contribution in [0.15, 0.2) is 36.4 Å². The Hall–Kier alpha value is -2.11. The number of anilines is 1. The first-order valence-corrected chi connectivity index (χ1v) is 8.15. The highest BCUT2D eigenvalue weighted by Gasteiger charge is 2.14. The molecule has 5 nitrogen and oxygen atoms in total. The number of benzene rings is 2. The van der Waals surface area contributed by atoms with E-state index in [-0.39, 0.29) is 12.7 Å². The molecule has 2 aromatic carbocycles. The van der Waals surface area contributed by atoms with Crippen LogP contribution in [0.5, 0.6) is 17.2 Å². The van der Waals surface area contributed by atoms with Gasteiger partial charge < -0.3 is 19.5 Å². The molecule has 3 rings (SSSR count). The number of hydrogen-bond donors (Lipinski definition) is 1. The first-order chi connectivity index (χ1) is 11.6. The molecule has 0 unspecified atom stereocenters. The summed E-state index contributed by atoms with van der Waals surface area (Å²) in [5.74, 6) is 1.77. The number of hydrogen-bond acceptors (Lipinski definition) is 4. The summed E-state index contributed by atoms with van der Waals surface area (Å²) in [6, 6.07) is 10.3. The van der Waals surface area contributed by atoms with Gasteiger partial charge >= 0.3 is 0 Å². The van der Waals surface area contributed by atoms with E-state index in [2.05, 4.69) is 5.32 Å². The number of carbonyl (C=O) groups excluding carboxylic acids is 1. The van der Waals surface area contributed by atoms with Gasteiger partial charge in [0.15, 0.2) is 11.5 Å². The van der Waals surface area contributed by atoms with Crippen LogP contribution in [0.3, 0.4) is 0 Å². The normalized spacial score (nSPS) is 12.1. The van der Waals surface area contributed by atoms with E-state index >= 15 is 0 Å². The molecule has 1 N–H and O–H groups in total. The molecule has 0 atom stereocenters. The maximum Gasteiger partial charge on any atom is 0.231 e. The minimum atomic E-state index is -0.0975. The number of fused-ring (bicyclic) bond motifs is 1. The van der Waals surface area contributed by atoms with Crippen molar-refractivity contribution in [1.82, 2.24) is 0 Å². The molecule has 0 bridgehead atoms. The van der Waals surface area contributed by atoms with Crippen molar-refractivity contribution in [1.29, 1.82) is 0 Å². The molecule has 2 aromatic rings. The SMILES string of the molecule is O=C(CCCOc1ccc(Cl)cc1Cl)Nc1ccc2c(c1)OCO2. The second-order valence-corrected chi connectivity index (χ2v) is 5.99. The molecule has 0 aliphatic carbocycles. The molecule has 0 radical (unpaired) electrons. The van der Waals surface area contributed by atoms with E-state index in [0.717, 1.165) is 0 Å². The molecule has 0 aromatic heterocycles. The quantitative estimate of drug-likeness (QED) is 0.762. The Morgan fingerprint density at radius 2 is 1.96 bits per heavy atom. The van der Waals surface area contributed by atoms with Gasteiger partial charge in [-0.05, 0) is 36.8 Å². The molecular weight excluding hydrogens is 353 g/mol. The lowest BCUT2D eigenvalue weighted by atomic mass is 10.2. The summed E-state index contributed by atoms with van der Waals surface area (Å²) in [4.78, 5) is 12.0. The maximum atomic E-state index is 12.0. The van der Waals surface area contributed by atoms with Gasteiger partial charge in [0.1, 0.15) is 5.75 Å². The predicted molar refractivity (Wildman–Crippen MR) is 92.4 cm³/mol. The van der Waals surface area contributed by atoms with Gasteiger partial charge in [0.25, 0.3) is 0 Å². The molecule has 0 fully saturated rings. The van der Waals surface area contributed by atoms with Crippen molar-refractivity contribution in [3.63, 3.8) is 0 Å². The molecule has 1 aliphatic heterocycles.